The molecule has 0 spiro atoms. The summed E-state index contributed by atoms with van der Waals surface area (Å²) in [5.41, 5.74) is 1.75. The minimum absolute atomic E-state index is 0.840. The van der Waals surface area contributed by atoms with E-state index in [1.54, 1.807) is 6.20 Å². The van der Waals surface area contributed by atoms with Crippen LogP contribution in [-0.4, -0.2) is 10.1 Å². The fraction of sp³-hybridized carbons (Fsp3) is 0.0909. The summed E-state index contributed by atoms with van der Waals surface area (Å²) in [5.74, 6) is 0.840. The second-order valence-corrected chi connectivity index (χ2v) is 3.28. The second kappa shape index (κ2) is 2.54. The van der Waals surface area contributed by atoms with Crippen molar-refractivity contribution in [2.75, 3.05) is 0 Å². The SMILES string of the molecule is Cc1onc2c1ccc1cccnc12. The van der Waals surface area contributed by atoms with E-state index < -0.39 is 0 Å². The molecule has 0 radical (unpaired) electrons. The summed E-state index contributed by atoms with van der Waals surface area (Å²) in [7, 11) is 0. The first-order valence-electron chi connectivity index (χ1n) is 4.46. The van der Waals surface area contributed by atoms with Crippen LogP contribution in [0.25, 0.3) is 21.8 Å². The Balaban J connectivity index is 2.61. The van der Waals surface area contributed by atoms with Crippen molar-refractivity contribution >= 4 is 21.8 Å². The minimum Gasteiger partial charge on any atom is -0.360 e. The normalized spacial score (nSPS) is 11.2. The number of rotatable bonds is 0. The van der Waals surface area contributed by atoms with Gasteiger partial charge in [0.15, 0.2) is 0 Å². The van der Waals surface area contributed by atoms with Crippen LogP contribution in [0.15, 0.2) is 35.0 Å². The average Bonchev–Trinajstić information content (AvgIpc) is 2.61. The molecule has 0 aliphatic heterocycles. The monoisotopic (exact) mass is 184 g/mol. The van der Waals surface area contributed by atoms with Crippen molar-refractivity contribution in [1.82, 2.24) is 10.1 Å². The lowest BCUT2D eigenvalue weighted by Crippen LogP contribution is -1.79. The Hall–Kier alpha value is -1.90. The molecule has 0 bridgehead atoms. The molecule has 3 rings (SSSR count). The third kappa shape index (κ3) is 0.865. The number of pyridine rings is 1. The number of aromatic nitrogens is 2. The third-order valence-corrected chi connectivity index (χ3v) is 2.40. The Morgan fingerprint density at radius 1 is 1.14 bits per heavy atom. The lowest BCUT2D eigenvalue weighted by molar-refractivity contribution is 0.406. The number of aryl methyl sites for hydroxylation is 1. The Labute approximate surface area is 80.3 Å². The van der Waals surface area contributed by atoms with Crippen LogP contribution in [0.5, 0.6) is 0 Å². The van der Waals surface area contributed by atoms with Gasteiger partial charge in [-0.2, -0.15) is 0 Å². The van der Waals surface area contributed by atoms with Gasteiger partial charge in [-0.1, -0.05) is 17.3 Å². The highest BCUT2D eigenvalue weighted by Gasteiger charge is 2.07. The number of benzene rings is 1. The highest BCUT2D eigenvalue weighted by Crippen LogP contribution is 2.24. The highest BCUT2D eigenvalue weighted by atomic mass is 16.5. The Kier molecular flexibility index (Phi) is 1.36. The van der Waals surface area contributed by atoms with Crippen LogP contribution in [-0.2, 0) is 0 Å². The molecule has 0 fully saturated rings. The maximum atomic E-state index is 5.13. The lowest BCUT2D eigenvalue weighted by Gasteiger charge is -1.95. The maximum absolute atomic E-state index is 5.13. The molecule has 3 aromatic rings. The summed E-state index contributed by atoms with van der Waals surface area (Å²) >= 11 is 0. The largest absolute Gasteiger partial charge is 0.360 e. The quantitative estimate of drug-likeness (QED) is 0.539. The maximum Gasteiger partial charge on any atom is 0.141 e. The van der Waals surface area contributed by atoms with Crippen molar-refractivity contribution < 1.29 is 4.52 Å². The Morgan fingerprint density at radius 2 is 2.07 bits per heavy atom. The summed E-state index contributed by atoms with van der Waals surface area (Å²) in [6.07, 6.45) is 1.77. The van der Waals surface area contributed by atoms with Gasteiger partial charge in [0.05, 0.1) is 5.52 Å². The van der Waals surface area contributed by atoms with Crippen molar-refractivity contribution in [3.63, 3.8) is 0 Å². The molecule has 14 heavy (non-hydrogen) atoms. The predicted octanol–water partition coefficient (Wildman–Crippen LogP) is 2.68. The highest BCUT2D eigenvalue weighted by molar-refractivity contribution is 6.02. The van der Waals surface area contributed by atoms with Crippen LogP contribution < -0.4 is 0 Å². The molecule has 0 atom stereocenters. The van der Waals surface area contributed by atoms with Crippen LogP contribution in [0.1, 0.15) is 5.76 Å². The zero-order valence-corrected chi connectivity index (χ0v) is 7.69. The number of fused-ring (bicyclic) bond motifs is 3. The standard InChI is InChI=1S/C11H8N2O/c1-7-9-5-4-8-3-2-6-12-10(8)11(9)13-14-7/h2-6H,1H3. The molecule has 0 aliphatic rings. The van der Waals surface area contributed by atoms with Crippen LogP contribution in [0.2, 0.25) is 0 Å². The summed E-state index contributed by atoms with van der Waals surface area (Å²) < 4.78 is 5.13. The molecule has 3 heteroatoms. The van der Waals surface area contributed by atoms with E-state index in [4.69, 9.17) is 4.52 Å². The fourth-order valence-corrected chi connectivity index (χ4v) is 1.67. The van der Waals surface area contributed by atoms with Crippen molar-refractivity contribution in [3.05, 3.63) is 36.2 Å². The zero-order chi connectivity index (χ0) is 9.54. The van der Waals surface area contributed by atoms with E-state index in [1.165, 1.54) is 0 Å². The molecule has 2 heterocycles. The summed E-state index contributed by atoms with van der Waals surface area (Å²) in [4.78, 5) is 4.30. The second-order valence-electron chi connectivity index (χ2n) is 3.28. The molecule has 0 amide bonds. The van der Waals surface area contributed by atoms with Gasteiger partial charge in [-0.25, -0.2) is 0 Å². The molecule has 0 saturated heterocycles. The van der Waals surface area contributed by atoms with E-state index in [9.17, 15) is 0 Å². The van der Waals surface area contributed by atoms with Crippen molar-refractivity contribution in [3.8, 4) is 0 Å². The van der Waals surface area contributed by atoms with Crippen molar-refractivity contribution in [2.45, 2.75) is 6.92 Å². The van der Waals surface area contributed by atoms with Gasteiger partial charge < -0.3 is 4.52 Å². The van der Waals surface area contributed by atoms with Gasteiger partial charge in [0, 0.05) is 17.0 Å². The van der Waals surface area contributed by atoms with Crippen molar-refractivity contribution in [1.29, 1.82) is 0 Å². The van der Waals surface area contributed by atoms with E-state index >= 15 is 0 Å². The summed E-state index contributed by atoms with van der Waals surface area (Å²) in [6.45, 7) is 1.91. The molecular formula is C11H8N2O. The van der Waals surface area contributed by atoms with Gasteiger partial charge in [0.2, 0.25) is 0 Å². The van der Waals surface area contributed by atoms with E-state index in [2.05, 4.69) is 10.1 Å². The van der Waals surface area contributed by atoms with Crippen LogP contribution in [0.3, 0.4) is 0 Å². The van der Waals surface area contributed by atoms with Gasteiger partial charge in [-0.3, -0.25) is 4.98 Å². The smallest absolute Gasteiger partial charge is 0.141 e. The molecule has 0 aliphatic carbocycles. The van der Waals surface area contributed by atoms with Gasteiger partial charge in [0.25, 0.3) is 0 Å². The lowest BCUT2D eigenvalue weighted by atomic mass is 10.1. The van der Waals surface area contributed by atoms with Gasteiger partial charge in [-0.15, -0.1) is 0 Å². The van der Waals surface area contributed by atoms with Crippen molar-refractivity contribution in [2.24, 2.45) is 0 Å². The molecule has 3 nitrogen and oxygen atoms in total. The fourth-order valence-electron chi connectivity index (χ4n) is 1.67. The first-order valence-corrected chi connectivity index (χ1v) is 4.46. The van der Waals surface area contributed by atoms with Crippen LogP contribution >= 0.6 is 0 Å². The van der Waals surface area contributed by atoms with E-state index in [-0.39, 0.29) is 0 Å². The molecule has 0 N–H and O–H groups in total. The molecule has 68 valence electrons. The molecule has 1 aromatic carbocycles. The molecular weight excluding hydrogens is 176 g/mol. The van der Waals surface area contributed by atoms with E-state index in [0.29, 0.717) is 0 Å². The third-order valence-electron chi connectivity index (χ3n) is 2.40. The predicted molar refractivity (Wildman–Crippen MR) is 54.0 cm³/mol. The van der Waals surface area contributed by atoms with Gasteiger partial charge >= 0.3 is 0 Å². The summed E-state index contributed by atoms with van der Waals surface area (Å²) in [5, 5.41) is 6.14. The summed E-state index contributed by atoms with van der Waals surface area (Å²) in [6, 6.07) is 7.99. The molecule has 0 saturated carbocycles. The molecule has 0 unspecified atom stereocenters. The first-order chi connectivity index (χ1) is 6.86. The Bertz CT molecular complexity index is 613. The first kappa shape index (κ1) is 7.50. The number of nitrogens with zero attached hydrogens (tertiary/aromatic N) is 2. The molecule has 2 aromatic heterocycles. The van der Waals surface area contributed by atoms with Crippen LogP contribution in [0, 0.1) is 6.92 Å². The average molecular weight is 184 g/mol. The topological polar surface area (TPSA) is 38.9 Å². The number of hydrogen-bond acceptors (Lipinski definition) is 3. The van der Waals surface area contributed by atoms with Gasteiger partial charge in [0.1, 0.15) is 11.3 Å². The van der Waals surface area contributed by atoms with Gasteiger partial charge in [-0.05, 0) is 19.1 Å². The van der Waals surface area contributed by atoms with Crippen LogP contribution in [0.4, 0.5) is 0 Å². The van der Waals surface area contributed by atoms with E-state index in [0.717, 1.165) is 27.6 Å². The Morgan fingerprint density at radius 3 is 3.00 bits per heavy atom. The zero-order valence-electron chi connectivity index (χ0n) is 7.69. The van der Waals surface area contributed by atoms with E-state index in [1.807, 2.05) is 31.2 Å². The minimum atomic E-state index is 0.840. The number of hydrogen-bond donors (Lipinski definition) is 0.